The highest BCUT2D eigenvalue weighted by Crippen LogP contribution is 2.18. The Morgan fingerprint density at radius 2 is 1.79 bits per heavy atom. The van der Waals surface area contributed by atoms with Gasteiger partial charge in [0.1, 0.15) is 5.69 Å². The Bertz CT molecular complexity index is 1190. The second-order valence-corrected chi connectivity index (χ2v) is 8.63. The third kappa shape index (κ3) is 5.51. The third-order valence-electron chi connectivity index (χ3n) is 5.82. The molecule has 0 atom stereocenters. The van der Waals surface area contributed by atoms with Gasteiger partial charge in [-0.1, -0.05) is 60.2 Å². The first-order valence-corrected chi connectivity index (χ1v) is 11.4. The van der Waals surface area contributed by atoms with Crippen LogP contribution in [0.25, 0.3) is 0 Å². The maximum atomic E-state index is 13.2. The molecule has 1 aliphatic rings. The first kappa shape index (κ1) is 23.2. The quantitative estimate of drug-likeness (QED) is 0.588. The highest BCUT2D eigenvalue weighted by molar-refractivity contribution is 5.99. The van der Waals surface area contributed by atoms with E-state index in [1.807, 2.05) is 55.5 Å². The Kier molecular flexibility index (Phi) is 7.06. The zero-order chi connectivity index (χ0) is 24.1. The minimum absolute atomic E-state index is 0.0959. The number of carbonyl (C=O) groups is 3. The SMILES string of the molecule is Cc1cccc(CN2CCCn3nc(C(=O)N(C)CC(=O)NCc4ccccc4)cc3C2=O)c1. The molecule has 2 heterocycles. The van der Waals surface area contributed by atoms with Crippen LogP contribution in [0.15, 0.2) is 60.7 Å². The highest BCUT2D eigenvalue weighted by Gasteiger charge is 2.27. The Hall–Kier alpha value is -3.94. The van der Waals surface area contributed by atoms with Gasteiger partial charge in [0.15, 0.2) is 5.69 Å². The van der Waals surface area contributed by atoms with Gasteiger partial charge in [0.25, 0.3) is 11.8 Å². The molecule has 0 bridgehead atoms. The monoisotopic (exact) mass is 459 g/mol. The summed E-state index contributed by atoms with van der Waals surface area (Å²) in [5.74, 6) is -0.803. The number of hydrogen-bond donors (Lipinski definition) is 1. The van der Waals surface area contributed by atoms with E-state index in [1.165, 1.54) is 11.0 Å². The van der Waals surface area contributed by atoms with Crippen LogP contribution in [0.2, 0.25) is 0 Å². The molecule has 0 saturated carbocycles. The van der Waals surface area contributed by atoms with Gasteiger partial charge in [0.05, 0.1) is 6.54 Å². The van der Waals surface area contributed by atoms with Crippen molar-refractivity contribution < 1.29 is 14.4 Å². The fraction of sp³-hybridized carbons (Fsp3) is 0.308. The van der Waals surface area contributed by atoms with Crippen molar-refractivity contribution in [1.82, 2.24) is 24.9 Å². The molecule has 8 nitrogen and oxygen atoms in total. The largest absolute Gasteiger partial charge is 0.350 e. The summed E-state index contributed by atoms with van der Waals surface area (Å²) < 4.78 is 1.61. The molecule has 8 heteroatoms. The van der Waals surface area contributed by atoms with Gasteiger partial charge in [0.2, 0.25) is 5.91 Å². The molecule has 0 unspecified atom stereocenters. The molecule has 0 fully saturated rings. The summed E-state index contributed by atoms with van der Waals surface area (Å²) in [6.45, 7) is 4.02. The number of nitrogens with one attached hydrogen (secondary N) is 1. The number of rotatable bonds is 7. The molecule has 1 aromatic heterocycles. The van der Waals surface area contributed by atoms with Crippen LogP contribution >= 0.6 is 0 Å². The maximum absolute atomic E-state index is 13.2. The van der Waals surface area contributed by atoms with Gasteiger partial charge < -0.3 is 15.1 Å². The standard InChI is InChI=1S/C26H29N5O3/c1-19-8-6-11-21(14-19)17-30-12-7-13-31-23(26(30)34)15-22(28-31)25(33)29(2)18-24(32)27-16-20-9-4-3-5-10-20/h3-6,8-11,14-15H,7,12-13,16-18H2,1-2H3,(H,27,32). The smallest absolute Gasteiger partial charge is 0.274 e. The number of benzene rings is 2. The molecular formula is C26H29N5O3. The summed E-state index contributed by atoms with van der Waals surface area (Å²) in [7, 11) is 1.56. The van der Waals surface area contributed by atoms with E-state index in [2.05, 4.69) is 16.5 Å². The lowest BCUT2D eigenvalue weighted by Gasteiger charge is -2.20. The predicted octanol–water partition coefficient (Wildman–Crippen LogP) is 2.63. The van der Waals surface area contributed by atoms with Crippen molar-refractivity contribution >= 4 is 17.7 Å². The van der Waals surface area contributed by atoms with Gasteiger partial charge in [-0.3, -0.25) is 19.1 Å². The molecule has 0 saturated heterocycles. The van der Waals surface area contributed by atoms with Gasteiger partial charge in [-0.15, -0.1) is 0 Å². The number of aromatic nitrogens is 2. The third-order valence-corrected chi connectivity index (χ3v) is 5.82. The molecule has 2 aromatic carbocycles. The van der Waals surface area contributed by atoms with Crippen LogP contribution in [-0.2, 0) is 24.4 Å². The number of hydrogen-bond acceptors (Lipinski definition) is 4. The average Bonchev–Trinajstić information content (AvgIpc) is 3.20. The number of carbonyl (C=O) groups excluding carboxylic acids is 3. The lowest BCUT2D eigenvalue weighted by Crippen LogP contribution is -2.38. The van der Waals surface area contributed by atoms with E-state index in [1.54, 1.807) is 16.6 Å². The van der Waals surface area contributed by atoms with Crippen molar-refractivity contribution in [2.45, 2.75) is 33.0 Å². The Balaban J connectivity index is 1.40. The van der Waals surface area contributed by atoms with Gasteiger partial charge in [-0.2, -0.15) is 5.10 Å². The van der Waals surface area contributed by atoms with Gasteiger partial charge >= 0.3 is 0 Å². The normalized spacial score (nSPS) is 13.2. The second kappa shape index (κ2) is 10.3. The second-order valence-electron chi connectivity index (χ2n) is 8.63. The van der Waals surface area contributed by atoms with Crippen molar-refractivity contribution in [2.75, 3.05) is 20.1 Å². The number of aryl methyl sites for hydroxylation is 2. The van der Waals surface area contributed by atoms with Crippen molar-refractivity contribution in [2.24, 2.45) is 0 Å². The van der Waals surface area contributed by atoms with Crippen molar-refractivity contribution in [1.29, 1.82) is 0 Å². The lowest BCUT2D eigenvalue weighted by atomic mass is 10.1. The summed E-state index contributed by atoms with van der Waals surface area (Å²) in [5.41, 5.74) is 3.76. The molecule has 0 radical (unpaired) electrons. The van der Waals surface area contributed by atoms with Crippen molar-refractivity contribution in [3.63, 3.8) is 0 Å². The Morgan fingerprint density at radius 1 is 1.03 bits per heavy atom. The molecule has 1 N–H and O–H groups in total. The number of amides is 3. The van der Waals surface area contributed by atoms with Crippen molar-refractivity contribution in [3.05, 3.63) is 88.7 Å². The van der Waals surface area contributed by atoms with Crippen LogP contribution in [-0.4, -0.2) is 57.4 Å². The average molecular weight is 460 g/mol. The summed E-state index contributed by atoms with van der Waals surface area (Å²) in [4.78, 5) is 41.5. The Morgan fingerprint density at radius 3 is 2.56 bits per heavy atom. The van der Waals surface area contributed by atoms with E-state index in [-0.39, 0.29) is 24.1 Å². The lowest BCUT2D eigenvalue weighted by molar-refractivity contribution is -0.121. The van der Waals surface area contributed by atoms with E-state index >= 15 is 0 Å². The maximum Gasteiger partial charge on any atom is 0.274 e. The Labute approximate surface area is 199 Å². The molecule has 1 aliphatic heterocycles. The first-order chi connectivity index (χ1) is 16.4. The van der Waals surface area contributed by atoms with Crippen LogP contribution in [0, 0.1) is 6.92 Å². The molecule has 3 amide bonds. The van der Waals surface area contributed by atoms with E-state index in [0.717, 1.165) is 23.1 Å². The fourth-order valence-corrected chi connectivity index (χ4v) is 4.06. The fourth-order valence-electron chi connectivity index (χ4n) is 4.06. The van der Waals surface area contributed by atoms with E-state index in [4.69, 9.17) is 0 Å². The van der Waals surface area contributed by atoms with Gasteiger partial charge in [-0.05, 0) is 24.5 Å². The molecule has 0 spiro atoms. The summed E-state index contributed by atoms with van der Waals surface area (Å²) in [5, 5.41) is 7.20. The van der Waals surface area contributed by atoms with Crippen LogP contribution in [0.5, 0.6) is 0 Å². The topological polar surface area (TPSA) is 87.5 Å². The van der Waals surface area contributed by atoms with Crippen LogP contribution in [0.1, 0.15) is 44.1 Å². The summed E-state index contributed by atoms with van der Waals surface area (Å²) in [6.07, 6.45) is 0.748. The molecule has 0 aliphatic carbocycles. The number of fused-ring (bicyclic) bond motifs is 1. The molecule has 3 aromatic rings. The van der Waals surface area contributed by atoms with Gasteiger partial charge in [-0.25, -0.2) is 0 Å². The zero-order valence-electron chi connectivity index (χ0n) is 19.5. The predicted molar refractivity (Wildman–Crippen MR) is 128 cm³/mol. The minimum atomic E-state index is -0.395. The van der Waals surface area contributed by atoms with Crippen LogP contribution in [0.4, 0.5) is 0 Å². The minimum Gasteiger partial charge on any atom is -0.350 e. The van der Waals surface area contributed by atoms with Crippen molar-refractivity contribution in [3.8, 4) is 0 Å². The summed E-state index contributed by atoms with van der Waals surface area (Å²) >= 11 is 0. The van der Waals surface area contributed by atoms with Crippen LogP contribution < -0.4 is 5.32 Å². The van der Waals surface area contributed by atoms with E-state index in [9.17, 15) is 14.4 Å². The van der Waals surface area contributed by atoms with Gasteiger partial charge in [0, 0.05) is 39.3 Å². The van der Waals surface area contributed by atoms with E-state index < -0.39 is 5.91 Å². The number of nitrogens with zero attached hydrogens (tertiary/aromatic N) is 4. The highest BCUT2D eigenvalue weighted by atomic mass is 16.2. The molecule has 4 rings (SSSR count). The first-order valence-electron chi connectivity index (χ1n) is 11.4. The van der Waals surface area contributed by atoms with E-state index in [0.29, 0.717) is 31.9 Å². The number of likely N-dealkylation sites (N-methyl/N-ethyl adjacent to an activating group) is 1. The zero-order valence-corrected chi connectivity index (χ0v) is 19.5. The molecular weight excluding hydrogens is 430 g/mol. The molecule has 176 valence electrons. The molecule has 34 heavy (non-hydrogen) atoms. The van der Waals surface area contributed by atoms with Crippen LogP contribution in [0.3, 0.4) is 0 Å². The summed E-state index contributed by atoms with van der Waals surface area (Å²) in [6, 6.07) is 19.2.